The molecule has 1 heterocycles. The van der Waals surface area contributed by atoms with E-state index in [0.717, 1.165) is 0 Å². The zero-order valence-electron chi connectivity index (χ0n) is 23.9. The van der Waals surface area contributed by atoms with Crippen molar-refractivity contribution >= 4 is 17.6 Å². The molecule has 1 amide bonds. The first-order valence-corrected chi connectivity index (χ1v) is 13.2. The van der Waals surface area contributed by atoms with Crippen molar-refractivity contribution in [1.29, 1.82) is 0 Å². The maximum absolute atomic E-state index is 14.3. The van der Waals surface area contributed by atoms with Crippen LogP contribution in [-0.2, 0) is 4.79 Å². The van der Waals surface area contributed by atoms with Gasteiger partial charge >= 0.3 is 5.97 Å². The third-order valence-electron chi connectivity index (χ3n) is 6.58. The number of carbonyl (C=O) groups is 2. The van der Waals surface area contributed by atoms with Crippen molar-refractivity contribution in [2.24, 2.45) is 0 Å². The van der Waals surface area contributed by atoms with E-state index in [1.807, 2.05) is 0 Å². The number of benzene rings is 4. The molecule has 0 saturated heterocycles. The Hall–Kier alpha value is -5.64. The number of methoxy groups -OCH3 is 3. The molecule has 0 fully saturated rings. The number of amides is 1. The van der Waals surface area contributed by atoms with Gasteiger partial charge in [0.2, 0.25) is 5.88 Å². The van der Waals surface area contributed by atoms with E-state index in [0.29, 0.717) is 56.6 Å². The average Bonchev–Trinajstić information content (AvgIpc) is 3.39. The number of rotatable bonds is 9. The van der Waals surface area contributed by atoms with E-state index >= 15 is 0 Å². The quantitative estimate of drug-likeness (QED) is 0.197. The van der Waals surface area contributed by atoms with Gasteiger partial charge in [0, 0.05) is 29.8 Å². The Morgan fingerprint density at radius 2 is 1.51 bits per heavy atom. The lowest BCUT2D eigenvalue weighted by Gasteiger charge is -2.12. The van der Waals surface area contributed by atoms with Crippen LogP contribution in [0, 0.1) is 5.82 Å². The van der Waals surface area contributed by atoms with Gasteiger partial charge in [-0.05, 0) is 72.3 Å². The van der Waals surface area contributed by atoms with Gasteiger partial charge in [-0.3, -0.25) is 9.59 Å². The molecule has 0 radical (unpaired) electrons. The fourth-order valence-corrected chi connectivity index (χ4v) is 4.52. The lowest BCUT2D eigenvalue weighted by molar-refractivity contribution is -0.132. The molecule has 5 aromatic rings. The second-order valence-corrected chi connectivity index (χ2v) is 9.34. The summed E-state index contributed by atoms with van der Waals surface area (Å²) in [4.78, 5) is 25.1. The number of ether oxygens (including phenoxy) is 4. The fraction of sp³-hybridized carbons (Fsp3) is 0.121. The molecule has 0 saturated carbocycles. The molecule has 1 N–H and O–H groups in total. The number of esters is 1. The third kappa shape index (κ3) is 6.18. The van der Waals surface area contributed by atoms with Crippen LogP contribution in [0.4, 0.5) is 10.1 Å². The number of nitrogens with zero attached hydrogens (tertiary/aromatic N) is 2. The first-order chi connectivity index (χ1) is 20.8. The first kappa shape index (κ1) is 28.9. The number of aromatic nitrogens is 2. The van der Waals surface area contributed by atoms with E-state index in [4.69, 9.17) is 24.0 Å². The lowest BCUT2D eigenvalue weighted by atomic mass is 10.00. The molecule has 1 aromatic heterocycles. The number of halogens is 1. The van der Waals surface area contributed by atoms with Gasteiger partial charge in [0.05, 0.1) is 32.6 Å². The summed E-state index contributed by atoms with van der Waals surface area (Å²) in [5.41, 5.74) is 3.42. The van der Waals surface area contributed by atoms with Crippen LogP contribution in [0.3, 0.4) is 0 Å². The average molecular weight is 582 g/mol. The van der Waals surface area contributed by atoms with Crippen molar-refractivity contribution in [3.05, 3.63) is 102 Å². The highest BCUT2D eigenvalue weighted by Crippen LogP contribution is 2.44. The zero-order chi connectivity index (χ0) is 30.5. The Bertz CT molecular complexity index is 1780. The van der Waals surface area contributed by atoms with Crippen LogP contribution in [-0.4, -0.2) is 43.0 Å². The van der Waals surface area contributed by atoms with Crippen molar-refractivity contribution < 1.29 is 32.9 Å². The van der Waals surface area contributed by atoms with E-state index in [1.165, 1.54) is 36.9 Å². The highest BCUT2D eigenvalue weighted by Gasteiger charge is 2.27. The molecule has 0 unspecified atom stereocenters. The Kier molecular flexibility index (Phi) is 8.38. The van der Waals surface area contributed by atoms with E-state index < -0.39 is 11.8 Å². The topological polar surface area (TPSA) is 101 Å². The molecule has 0 aliphatic heterocycles. The van der Waals surface area contributed by atoms with E-state index in [-0.39, 0.29) is 11.8 Å². The van der Waals surface area contributed by atoms with Crippen LogP contribution < -0.4 is 24.3 Å². The standard InChI is InChI=1S/C33H28FN3O6/c1-20(38)43-33-30(21-8-12-24(13-9-21)35-32(39)22-10-14-26(40-2)15-11-22)31(28-17-16-27(41-3)19-29(28)42-4)36-37(33)25-7-5-6-23(34)18-25/h5-19H,1-4H3,(H,35,39). The minimum absolute atomic E-state index is 0.0842. The largest absolute Gasteiger partial charge is 0.497 e. The molecule has 0 atom stereocenters. The third-order valence-corrected chi connectivity index (χ3v) is 6.58. The number of hydrogen-bond acceptors (Lipinski definition) is 7. The summed E-state index contributed by atoms with van der Waals surface area (Å²) in [5.74, 6) is 0.401. The van der Waals surface area contributed by atoms with Gasteiger partial charge in [0.25, 0.3) is 5.91 Å². The first-order valence-electron chi connectivity index (χ1n) is 13.2. The van der Waals surface area contributed by atoms with Crippen LogP contribution >= 0.6 is 0 Å². The molecule has 4 aromatic carbocycles. The predicted molar refractivity (Wildman–Crippen MR) is 160 cm³/mol. The van der Waals surface area contributed by atoms with Crippen molar-refractivity contribution in [2.75, 3.05) is 26.6 Å². The molecule has 0 aliphatic carbocycles. The number of carbonyl (C=O) groups excluding carboxylic acids is 2. The number of hydrogen-bond donors (Lipinski definition) is 1. The van der Waals surface area contributed by atoms with Crippen LogP contribution in [0.15, 0.2) is 91.0 Å². The number of nitrogens with one attached hydrogen (secondary N) is 1. The second-order valence-electron chi connectivity index (χ2n) is 9.34. The molecule has 5 rings (SSSR count). The highest BCUT2D eigenvalue weighted by molar-refractivity contribution is 6.04. The van der Waals surface area contributed by atoms with Crippen molar-refractivity contribution in [2.45, 2.75) is 6.92 Å². The van der Waals surface area contributed by atoms with E-state index in [2.05, 4.69) is 5.32 Å². The predicted octanol–water partition coefficient (Wildman–Crippen LogP) is 6.55. The Balaban J connectivity index is 1.63. The van der Waals surface area contributed by atoms with Crippen LogP contribution in [0.1, 0.15) is 17.3 Å². The van der Waals surface area contributed by atoms with E-state index in [9.17, 15) is 14.0 Å². The van der Waals surface area contributed by atoms with Crippen molar-refractivity contribution in [3.63, 3.8) is 0 Å². The summed E-state index contributed by atoms with van der Waals surface area (Å²) in [7, 11) is 4.63. The fourth-order valence-electron chi connectivity index (χ4n) is 4.52. The minimum atomic E-state index is -0.588. The summed E-state index contributed by atoms with van der Waals surface area (Å²) >= 11 is 0. The summed E-state index contributed by atoms with van der Waals surface area (Å²) in [6, 6.07) is 24.8. The summed E-state index contributed by atoms with van der Waals surface area (Å²) < 4.78 is 37.5. The molecule has 218 valence electrons. The van der Waals surface area contributed by atoms with Gasteiger partial charge in [0.1, 0.15) is 28.8 Å². The summed E-state index contributed by atoms with van der Waals surface area (Å²) in [6.45, 7) is 1.28. The van der Waals surface area contributed by atoms with Crippen LogP contribution in [0.5, 0.6) is 23.1 Å². The van der Waals surface area contributed by atoms with Crippen molar-refractivity contribution in [3.8, 4) is 51.2 Å². The van der Waals surface area contributed by atoms with Crippen LogP contribution in [0.25, 0.3) is 28.1 Å². The molecule has 0 bridgehead atoms. The second kappa shape index (κ2) is 12.5. The van der Waals surface area contributed by atoms with Gasteiger partial charge < -0.3 is 24.3 Å². The summed E-state index contributed by atoms with van der Waals surface area (Å²) in [6.07, 6.45) is 0. The minimum Gasteiger partial charge on any atom is -0.497 e. The SMILES string of the molecule is COc1ccc(C(=O)Nc2ccc(-c3c(-c4ccc(OC)cc4OC)nn(-c4cccc(F)c4)c3OC(C)=O)cc2)cc1. The van der Waals surface area contributed by atoms with Gasteiger partial charge in [-0.15, -0.1) is 0 Å². The van der Waals surface area contributed by atoms with Gasteiger partial charge in [-0.25, -0.2) is 4.39 Å². The Labute approximate surface area is 247 Å². The Morgan fingerprint density at radius 1 is 0.814 bits per heavy atom. The van der Waals surface area contributed by atoms with Crippen molar-refractivity contribution in [1.82, 2.24) is 9.78 Å². The molecule has 43 heavy (non-hydrogen) atoms. The molecule has 9 nitrogen and oxygen atoms in total. The molecular weight excluding hydrogens is 553 g/mol. The lowest BCUT2D eigenvalue weighted by Crippen LogP contribution is -2.11. The smallest absolute Gasteiger partial charge is 0.309 e. The van der Waals surface area contributed by atoms with E-state index in [1.54, 1.807) is 87.0 Å². The molecular formula is C33H28FN3O6. The zero-order valence-corrected chi connectivity index (χ0v) is 23.9. The van der Waals surface area contributed by atoms with Crippen LogP contribution in [0.2, 0.25) is 0 Å². The number of anilines is 1. The molecule has 10 heteroatoms. The highest BCUT2D eigenvalue weighted by atomic mass is 19.1. The normalized spacial score (nSPS) is 10.6. The maximum atomic E-state index is 14.3. The van der Waals surface area contributed by atoms with Gasteiger partial charge in [0.15, 0.2) is 0 Å². The Morgan fingerprint density at radius 3 is 2.14 bits per heavy atom. The van der Waals surface area contributed by atoms with Gasteiger partial charge in [-0.2, -0.15) is 9.78 Å². The van der Waals surface area contributed by atoms with Gasteiger partial charge in [-0.1, -0.05) is 18.2 Å². The molecule has 0 spiro atoms. The maximum Gasteiger partial charge on any atom is 0.309 e. The molecule has 0 aliphatic rings. The summed E-state index contributed by atoms with van der Waals surface area (Å²) in [5, 5.41) is 7.66. The monoisotopic (exact) mass is 581 g/mol.